The van der Waals surface area contributed by atoms with Gasteiger partial charge in [-0.3, -0.25) is 4.79 Å². The molecule has 1 heterocycles. The van der Waals surface area contributed by atoms with Crippen molar-refractivity contribution in [2.24, 2.45) is 46.3 Å². The van der Waals surface area contributed by atoms with Gasteiger partial charge in [-0.05, 0) is 111 Å². The Bertz CT molecular complexity index is 1470. The van der Waals surface area contributed by atoms with E-state index < -0.39 is 74.2 Å². The second-order valence-electron chi connectivity index (χ2n) is 20.6. The summed E-state index contributed by atoms with van der Waals surface area (Å²) in [6, 6.07) is 0. The zero-order valence-electron chi connectivity index (χ0n) is 38.6. The molecule has 364 valence electrons. The van der Waals surface area contributed by atoms with Crippen molar-refractivity contribution in [1.82, 2.24) is 16.0 Å². The molecule has 16 nitrogen and oxygen atoms in total. The molecule has 3 saturated carbocycles. The second kappa shape index (κ2) is 23.7. The lowest BCUT2D eigenvalue weighted by atomic mass is 9.47. The maximum atomic E-state index is 12.8. The van der Waals surface area contributed by atoms with E-state index in [4.69, 9.17) is 14.2 Å². The standard InChI is InChI=1S/C47H83N3O13/c1-27(2)10-9-11-28(3)32-14-15-33-31-13-12-29-24-30(16-18-46(29,4)34(31)17-19-47(32,33)5)61-45(60)50-21-8-6-7-20-48-22-23-49-43(59)40(57)39(56)42(35(53)25-51)63-44-41(58)38(55)37(54)36(26-52)62-44/h12,27-28,30-42,44,48,51-58H,6-11,13-26H2,1-5H3,(H,49,59)(H,50,60). The summed E-state index contributed by atoms with van der Waals surface area (Å²) in [6.45, 7) is 12.2. The molecule has 4 fully saturated rings. The lowest BCUT2D eigenvalue weighted by Crippen LogP contribution is -2.62. The topological polar surface area (TPSA) is 260 Å². The van der Waals surface area contributed by atoms with Crippen molar-refractivity contribution >= 4 is 12.0 Å². The summed E-state index contributed by atoms with van der Waals surface area (Å²) < 4.78 is 16.5. The molecule has 0 aromatic rings. The van der Waals surface area contributed by atoms with Gasteiger partial charge in [-0.1, -0.05) is 72.0 Å². The van der Waals surface area contributed by atoms with Crippen LogP contribution >= 0.6 is 0 Å². The summed E-state index contributed by atoms with van der Waals surface area (Å²) in [5.41, 5.74) is 2.19. The molecule has 5 rings (SSSR count). The van der Waals surface area contributed by atoms with Crippen LogP contribution < -0.4 is 16.0 Å². The third-order valence-corrected chi connectivity index (χ3v) is 16.1. The Morgan fingerprint density at radius 3 is 2.30 bits per heavy atom. The number of unbranched alkanes of at least 4 members (excludes halogenated alkanes) is 2. The molecule has 11 N–H and O–H groups in total. The van der Waals surface area contributed by atoms with Crippen LogP contribution in [0.3, 0.4) is 0 Å². The molecule has 0 spiro atoms. The average molecular weight is 898 g/mol. The highest BCUT2D eigenvalue weighted by molar-refractivity contribution is 5.81. The molecule has 16 heteroatoms. The summed E-state index contributed by atoms with van der Waals surface area (Å²) in [5, 5.41) is 89.1. The fraction of sp³-hybridized carbons (Fsp3) is 0.915. The molecular formula is C47H83N3O13. The van der Waals surface area contributed by atoms with E-state index in [0.717, 1.165) is 74.0 Å². The van der Waals surface area contributed by atoms with Crippen molar-refractivity contribution in [2.75, 3.05) is 39.4 Å². The molecule has 5 aliphatic rings. The predicted octanol–water partition coefficient (Wildman–Crippen LogP) is 2.26. The Morgan fingerprint density at radius 2 is 1.59 bits per heavy atom. The number of nitrogens with one attached hydrogen (secondary N) is 3. The van der Waals surface area contributed by atoms with Gasteiger partial charge in [0.2, 0.25) is 0 Å². The maximum Gasteiger partial charge on any atom is 0.407 e. The fourth-order valence-corrected chi connectivity index (χ4v) is 12.4. The van der Waals surface area contributed by atoms with E-state index >= 15 is 0 Å². The summed E-state index contributed by atoms with van der Waals surface area (Å²) in [7, 11) is 0. The van der Waals surface area contributed by atoms with Gasteiger partial charge < -0.3 is 71.0 Å². The van der Waals surface area contributed by atoms with Crippen LogP contribution in [0.1, 0.15) is 125 Å². The monoisotopic (exact) mass is 898 g/mol. The SMILES string of the molecule is CC(C)CCCC(C)C1CCC2C3CC=C4CC(OC(=O)NCCCCCNCCNC(=O)C(O)C(O)C(OC5OC(CO)C(O)C(O)C5O)C(O)CO)CCC4(C)C3CCC12C. The lowest BCUT2D eigenvalue weighted by molar-refractivity contribution is -0.326. The minimum atomic E-state index is -2.12. The number of carbonyl (C=O) groups is 2. The summed E-state index contributed by atoms with van der Waals surface area (Å²) in [6.07, 6.45) is 1.60. The van der Waals surface area contributed by atoms with Gasteiger partial charge in [0.15, 0.2) is 12.4 Å². The van der Waals surface area contributed by atoms with Crippen molar-refractivity contribution < 1.29 is 64.7 Å². The fourth-order valence-electron chi connectivity index (χ4n) is 12.4. The van der Waals surface area contributed by atoms with Gasteiger partial charge in [-0.2, -0.15) is 0 Å². The Hall–Kier alpha value is -1.96. The largest absolute Gasteiger partial charge is 0.446 e. The predicted molar refractivity (Wildman–Crippen MR) is 235 cm³/mol. The van der Waals surface area contributed by atoms with Gasteiger partial charge in [-0.15, -0.1) is 0 Å². The zero-order valence-corrected chi connectivity index (χ0v) is 38.6. The van der Waals surface area contributed by atoms with Gasteiger partial charge in [0.1, 0.15) is 48.8 Å². The van der Waals surface area contributed by atoms with E-state index in [1.54, 1.807) is 0 Å². The molecule has 17 unspecified atom stereocenters. The molecule has 17 atom stereocenters. The Balaban J connectivity index is 0.938. The lowest BCUT2D eigenvalue weighted by Gasteiger charge is -2.58. The molecule has 0 aromatic heterocycles. The van der Waals surface area contributed by atoms with E-state index in [2.05, 4.69) is 56.6 Å². The van der Waals surface area contributed by atoms with Crippen molar-refractivity contribution in [1.29, 1.82) is 0 Å². The number of alkyl carbamates (subject to hydrolysis) is 1. The van der Waals surface area contributed by atoms with Crippen LogP contribution in [0.2, 0.25) is 0 Å². The van der Waals surface area contributed by atoms with Gasteiger partial charge in [0.25, 0.3) is 5.91 Å². The normalized spacial score (nSPS) is 36.5. The number of rotatable bonds is 23. The van der Waals surface area contributed by atoms with Crippen LogP contribution in [0.5, 0.6) is 0 Å². The number of aliphatic hydroxyl groups is 8. The van der Waals surface area contributed by atoms with Crippen LogP contribution in [0, 0.1) is 46.3 Å². The number of amides is 2. The van der Waals surface area contributed by atoms with Crippen LogP contribution in [-0.4, -0.2) is 153 Å². The van der Waals surface area contributed by atoms with Crippen LogP contribution in [-0.2, 0) is 19.0 Å². The quantitative estimate of drug-likeness (QED) is 0.0520. The molecule has 1 saturated heterocycles. The van der Waals surface area contributed by atoms with Gasteiger partial charge in [0.05, 0.1) is 13.2 Å². The number of allylic oxidation sites excluding steroid dienone is 1. The first-order valence-electron chi connectivity index (χ1n) is 24.2. The molecule has 63 heavy (non-hydrogen) atoms. The molecule has 2 amide bonds. The number of fused-ring (bicyclic) bond motifs is 5. The molecule has 4 aliphatic carbocycles. The number of carbonyl (C=O) groups excluding carboxylic acids is 2. The Kier molecular flexibility index (Phi) is 19.5. The van der Waals surface area contributed by atoms with E-state index in [1.807, 2.05) is 0 Å². The summed E-state index contributed by atoms with van der Waals surface area (Å²) in [4.78, 5) is 25.4. The van der Waals surface area contributed by atoms with E-state index in [9.17, 15) is 50.4 Å². The van der Waals surface area contributed by atoms with E-state index in [-0.39, 0.29) is 24.2 Å². The minimum absolute atomic E-state index is 0.0910. The highest BCUT2D eigenvalue weighted by atomic mass is 16.7. The third-order valence-electron chi connectivity index (χ3n) is 16.1. The van der Waals surface area contributed by atoms with Crippen molar-refractivity contribution in [3.05, 3.63) is 11.6 Å². The minimum Gasteiger partial charge on any atom is -0.446 e. The van der Waals surface area contributed by atoms with Crippen molar-refractivity contribution in [3.8, 4) is 0 Å². The maximum absolute atomic E-state index is 12.8. The van der Waals surface area contributed by atoms with E-state index in [1.165, 1.54) is 56.9 Å². The molecular weight excluding hydrogens is 815 g/mol. The van der Waals surface area contributed by atoms with E-state index in [0.29, 0.717) is 25.0 Å². The summed E-state index contributed by atoms with van der Waals surface area (Å²) in [5.74, 6) is 3.78. The number of aliphatic hydroxyl groups excluding tert-OH is 8. The molecule has 0 aromatic carbocycles. The highest BCUT2D eigenvalue weighted by Crippen LogP contribution is 2.67. The van der Waals surface area contributed by atoms with Crippen LogP contribution in [0.15, 0.2) is 11.6 Å². The number of hydrogen-bond donors (Lipinski definition) is 11. The highest BCUT2D eigenvalue weighted by Gasteiger charge is 2.59. The van der Waals surface area contributed by atoms with Gasteiger partial charge >= 0.3 is 6.09 Å². The Labute approximate surface area is 374 Å². The van der Waals surface area contributed by atoms with Crippen LogP contribution in [0.4, 0.5) is 4.79 Å². The molecule has 1 aliphatic heterocycles. The average Bonchev–Trinajstić information content (AvgIpc) is 3.62. The molecule has 0 radical (unpaired) electrons. The number of ether oxygens (including phenoxy) is 3. The van der Waals surface area contributed by atoms with Crippen molar-refractivity contribution in [2.45, 2.75) is 186 Å². The first-order valence-corrected chi connectivity index (χ1v) is 24.2. The van der Waals surface area contributed by atoms with Gasteiger partial charge in [-0.25, -0.2) is 4.79 Å². The molecule has 0 bridgehead atoms. The van der Waals surface area contributed by atoms with Crippen molar-refractivity contribution in [3.63, 3.8) is 0 Å². The first kappa shape index (κ1) is 52.0. The second-order valence-corrected chi connectivity index (χ2v) is 20.6. The smallest absolute Gasteiger partial charge is 0.407 e. The third kappa shape index (κ3) is 12.5. The Morgan fingerprint density at radius 1 is 0.841 bits per heavy atom. The zero-order chi connectivity index (χ0) is 46.1. The number of hydrogen-bond acceptors (Lipinski definition) is 14. The summed E-state index contributed by atoms with van der Waals surface area (Å²) >= 11 is 0. The van der Waals surface area contributed by atoms with Gasteiger partial charge in [0, 0.05) is 26.1 Å². The van der Waals surface area contributed by atoms with Crippen LogP contribution in [0.25, 0.3) is 0 Å². The first-order chi connectivity index (χ1) is 30.0.